The number of hydrogen-bond donors (Lipinski definition) is 2. The Balaban J connectivity index is 0.00000441. The topological polar surface area (TPSA) is 69.6 Å². The van der Waals surface area contributed by atoms with E-state index in [0.29, 0.717) is 12.5 Å². The first-order valence-electron chi connectivity index (χ1n) is 6.86. The van der Waals surface area contributed by atoms with Crippen molar-refractivity contribution in [2.24, 2.45) is 4.99 Å². The van der Waals surface area contributed by atoms with Gasteiger partial charge in [-0.3, -0.25) is 9.78 Å². The number of hydrogen-bond acceptors (Lipinski definition) is 3. The van der Waals surface area contributed by atoms with Crippen molar-refractivity contribution in [3.8, 4) is 0 Å². The second-order valence-corrected chi connectivity index (χ2v) is 4.67. The van der Waals surface area contributed by atoms with E-state index < -0.39 is 0 Å². The molecule has 0 aliphatic rings. The van der Waals surface area contributed by atoms with Crippen LogP contribution < -0.4 is 10.6 Å². The lowest BCUT2D eigenvalue weighted by molar-refractivity contribution is -0.127. The van der Waals surface area contributed by atoms with E-state index >= 15 is 0 Å². The average Bonchev–Trinajstić information content (AvgIpc) is 2.47. The van der Waals surface area contributed by atoms with Crippen LogP contribution in [0.2, 0.25) is 0 Å². The van der Waals surface area contributed by atoms with E-state index in [1.807, 2.05) is 6.92 Å². The third-order valence-electron chi connectivity index (χ3n) is 2.67. The zero-order valence-corrected chi connectivity index (χ0v) is 15.4. The summed E-state index contributed by atoms with van der Waals surface area (Å²) in [5.41, 5.74) is 0.272. The number of aliphatic imine (C=N–C) groups is 1. The lowest BCUT2D eigenvalue weighted by atomic mass is 10.3. The van der Waals surface area contributed by atoms with Crippen LogP contribution in [0.25, 0.3) is 0 Å². The molecule has 0 bridgehead atoms. The Hall–Kier alpha value is -1.45. The summed E-state index contributed by atoms with van der Waals surface area (Å²) in [6.07, 6.45) is 2.44. The maximum absolute atomic E-state index is 13.5. The fourth-order valence-electron chi connectivity index (χ4n) is 1.42. The summed E-state index contributed by atoms with van der Waals surface area (Å²) < 4.78 is 13.5. The fraction of sp³-hybridized carbons (Fsp3) is 0.500. The summed E-state index contributed by atoms with van der Waals surface area (Å²) in [5, 5.41) is 5.99. The highest BCUT2D eigenvalue weighted by Crippen LogP contribution is 2.03. The number of halogens is 2. The normalized spacial score (nSPS) is 10.6. The smallest absolute Gasteiger partial charge is 0.241 e. The first kappa shape index (κ1) is 20.6. The van der Waals surface area contributed by atoms with Crippen molar-refractivity contribution in [2.45, 2.75) is 19.9 Å². The first-order chi connectivity index (χ1) is 10.0. The van der Waals surface area contributed by atoms with E-state index in [1.54, 1.807) is 14.1 Å². The SMILES string of the molecule is CCCNC(=NCc1ncccc1F)NCC(=O)N(C)C.I. The number of aromatic nitrogens is 1. The van der Waals surface area contributed by atoms with Gasteiger partial charge in [0.2, 0.25) is 5.91 Å². The molecule has 1 amide bonds. The molecule has 0 atom stereocenters. The molecule has 1 rings (SSSR count). The van der Waals surface area contributed by atoms with Crippen LogP contribution >= 0.6 is 24.0 Å². The molecule has 0 spiro atoms. The molecule has 0 radical (unpaired) electrons. The lowest BCUT2D eigenvalue weighted by Gasteiger charge is -2.14. The number of amides is 1. The van der Waals surface area contributed by atoms with Gasteiger partial charge in [0, 0.05) is 26.8 Å². The van der Waals surface area contributed by atoms with Crippen molar-refractivity contribution in [3.63, 3.8) is 0 Å². The van der Waals surface area contributed by atoms with Gasteiger partial charge in [-0.25, -0.2) is 9.38 Å². The minimum Gasteiger partial charge on any atom is -0.356 e. The molecule has 0 saturated heterocycles. The van der Waals surface area contributed by atoms with Crippen LogP contribution in [0.1, 0.15) is 19.0 Å². The number of likely N-dealkylation sites (N-methyl/N-ethyl adjacent to an activating group) is 1. The van der Waals surface area contributed by atoms with Gasteiger partial charge in [-0.1, -0.05) is 6.92 Å². The van der Waals surface area contributed by atoms with Crippen molar-refractivity contribution in [1.82, 2.24) is 20.5 Å². The summed E-state index contributed by atoms with van der Waals surface area (Å²) in [7, 11) is 3.37. The maximum atomic E-state index is 13.5. The molecule has 1 heterocycles. The molecule has 1 aromatic rings. The van der Waals surface area contributed by atoms with Gasteiger partial charge < -0.3 is 15.5 Å². The van der Waals surface area contributed by atoms with Crippen LogP contribution in [0.5, 0.6) is 0 Å². The van der Waals surface area contributed by atoms with Gasteiger partial charge in [-0.2, -0.15) is 0 Å². The Morgan fingerprint density at radius 1 is 1.41 bits per heavy atom. The predicted molar refractivity (Wildman–Crippen MR) is 95.7 cm³/mol. The molecular formula is C14H23FIN5O. The molecule has 124 valence electrons. The van der Waals surface area contributed by atoms with Gasteiger partial charge in [0.05, 0.1) is 18.8 Å². The highest BCUT2D eigenvalue weighted by atomic mass is 127. The number of nitrogens with one attached hydrogen (secondary N) is 2. The Bertz CT molecular complexity index is 496. The summed E-state index contributed by atoms with van der Waals surface area (Å²) in [4.78, 5) is 21.2. The van der Waals surface area contributed by atoms with Crippen molar-refractivity contribution in [3.05, 3.63) is 29.8 Å². The average molecular weight is 423 g/mol. The molecule has 0 unspecified atom stereocenters. The van der Waals surface area contributed by atoms with E-state index in [0.717, 1.165) is 6.42 Å². The maximum Gasteiger partial charge on any atom is 0.241 e. The standard InChI is InChI=1S/C14H22FN5O.HI/c1-4-7-17-14(19-10-13(21)20(2)3)18-9-12-11(15)6-5-8-16-12;/h5-6,8H,4,7,9-10H2,1-3H3,(H2,17,18,19);1H. The zero-order valence-electron chi connectivity index (χ0n) is 13.1. The van der Waals surface area contributed by atoms with Crippen LogP contribution in [0.3, 0.4) is 0 Å². The summed E-state index contributed by atoms with van der Waals surface area (Å²) in [6, 6.07) is 2.88. The molecule has 22 heavy (non-hydrogen) atoms. The van der Waals surface area contributed by atoms with E-state index in [4.69, 9.17) is 0 Å². The van der Waals surface area contributed by atoms with E-state index in [2.05, 4.69) is 20.6 Å². The third-order valence-corrected chi connectivity index (χ3v) is 2.67. The summed E-state index contributed by atoms with van der Waals surface area (Å²) in [5.74, 6) is 0.0163. The number of carbonyl (C=O) groups is 1. The highest BCUT2D eigenvalue weighted by Gasteiger charge is 2.06. The van der Waals surface area contributed by atoms with Gasteiger partial charge in [-0.15, -0.1) is 24.0 Å². The minimum atomic E-state index is -0.388. The number of guanidine groups is 1. The number of rotatable bonds is 6. The van der Waals surface area contributed by atoms with Gasteiger partial charge in [0.15, 0.2) is 5.96 Å². The zero-order chi connectivity index (χ0) is 15.7. The number of carbonyl (C=O) groups excluding carboxylic acids is 1. The van der Waals surface area contributed by atoms with Crippen molar-refractivity contribution >= 4 is 35.8 Å². The summed E-state index contributed by atoms with van der Waals surface area (Å²) >= 11 is 0. The molecule has 0 aliphatic carbocycles. The Kier molecular flexibility index (Phi) is 10.4. The largest absolute Gasteiger partial charge is 0.356 e. The first-order valence-corrected chi connectivity index (χ1v) is 6.86. The van der Waals surface area contributed by atoms with Crippen LogP contribution in [-0.2, 0) is 11.3 Å². The van der Waals surface area contributed by atoms with E-state index in [9.17, 15) is 9.18 Å². The molecular weight excluding hydrogens is 400 g/mol. The quantitative estimate of drug-likeness (QED) is 0.412. The van der Waals surface area contributed by atoms with Crippen molar-refractivity contribution < 1.29 is 9.18 Å². The predicted octanol–water partition coefficient (Wildman–Crippen LogP) is 1.37. The Labute approximate surface area is 147 Å². The van der Waals surface area contributed by atoms with E-state index in [-0.39, 0.29) is 54.5 Å². The Morgan fingerprint density at radius 3 is 2.73 bits per heavy atom. The van der Waals surface area contributed by atoms with Gasteiger partial charge in [0.25, 0.3) is 0 Å². The number of pyridine rings is 1. The summed E-state index contributed by atoms with van der Waals surface area (Å²) in [6.45, 7) is 2.98. The highest BCUT2D eigenvalue weighted by molar-refractivity contribution is 14.0. The molecule has 0 fully saturated rings. The van der Waals surface area contributed by atoms with Crippen LogP contribution in [0.15, 0.2) is 23.3 Å². The van der Waals surface area contributed by atoms with Gasteiger partial charge in [-0.05, 0) is 18.6 Å². The molecule has 0 aliphatic heterocycles. The monoisotopic (exact) mass is 423 g/mol. The molecule has 2 N–H and O–H groups in total. The number of nitrogens with zero attached hydrogens (tertiary/aromatic N) is 3. The van der Waals surface area contributed by atoms with Crippen molar-refractivity contribution in [1.29, 1.82) is 0 Å². The second kappa shape index (κ2) is 11.2. The molecule has 0 saturated carbocycles. The Morgan fingerprint density at radius 2 is 2.14 bits per heavy atom. The van der Waals surface area contributed by atoms with Crippen LogP contribution in [0, 0.1) is 5.82 Å². The lowest BCUT2D eigenvalue weighted by Crippen LogP contribution is -2.43. The third kappa shape index (κ3) is 7.53. The minimum absolute atomic E-state index is 0. The van der Waals surface area contributed by atoms with Crippen LogP contribution in [0.4, 0.5) is 4.39 Å². The molecule has 8 heteroatoms. The van der Waals surface area contributed by atoms with Crippen molar-refractivity contribution in [2.75, 3.05) is 27.2 Å². The fourth-order valence-corrected chi connectivity index (χ4v) is 1.42. The van der Waals surface area contributed by atoms with Gasteiger partial charge >= 0.3 is 0 Å². The molecule has 1 aromatic heterocycles. The van der Waals surface area contributed by atoms with E-state index in [1.165, 1.54) is 23.2 Å². The molecule has 6 nitrogen and oxygen atoms in total. The van der Waals surface area contributed by atoms with Crippen LogP contribution in [-0.4, -0.2) is 48.9 Å². The second-order valence-electron chi connectivity index (χ2n) is 4.67. The van der Waals surface area contributed by atoms with Gasteiger partial charge in [0.1, 0.15) is 5.82 Å². The molecule has 0 aromatic carbocycles.